The van der Waals surface area contributed by atoms with Crippen molar-refractivity contribution in [2.75, 3.05) is 19.9 Å². The fraction of sp³-hybridized carbons (Fsp3) is 0.259. The predicted octanol–water partition coefficient (Wildman–Crippen LogP) is 4.13. The maximum absolute atomic E-state index is 12.4. The van der Waals surface area contributed by atoms with Crippen LogP contribution >= 0.6 is 0 Å². The van der Waals surface area contributed by atoms with E-state index in [1.165, 1.54) is 0 Å². The number of carboxylic acid groups (broad SMARTS) is 1. The molecule has 1 amide bonds. The second kappa shape index (κ2) is 11.4. The summed E-state index contributed by atoms with van der Waals surface area (Å²) in [5.41, 5.74) is 5.54. The summed E-state index contributed by atoms with van der Waals surface area (Å²) in [6, 6.07) is 24.8. The molecule has 7 heteroatoms. The van der Waals surface area contributed by atoms with Crippen LogP contribution in [0.25, 0.3) is 11.1 Å². The summed E-state index contributed by atoms with van der Waals surface area (Å²) in [6.07, 6.45) is -0.539. The minimum Gasteiger partial charge on any atom is -0.480 e. The summed E-state index contributed by atoms with van der Waals surface area (Å²) in [5, 5.41) is 15.0. The first-order chi connectivity index (χ1) is 16.6. The third-order valence-corrected chi connectivity index (χ3v) is 5.86. The van der Waals surface area contributed by atoms with E-state index in [1.54, 1.807) is 0 Å². The number of rotatable bonds is 11. The Bertz CT molecular complexity index is 1070. The van der Waals surface area contributed by atoms with E-state index in [4.69, 9.17) is 9.47 Å². The van der Waals surface area contributed by atoms with Crippen LogP contribution in [0, 0.1) is 0 Å². The lowest BCUT2D eigenvalue weighted by atomic mass is 9.98. The van der Waals surface area contributed by atoms with Crippen molar-refractivity contribution in [2.24, 2.45) is 0 Å². The van der Waals surface area contributed by atoms with Crippen LogP contribution in [0.1, 0.15) is 29.0 Å². The zero-order valence-electron chi connectivity index (χ0n) is 18.8. The van der Waals surface area contributed by atoms with Gasteiger partial charge in [-0.25, -0.2) is 9.59 Å². The predicted molar refractivity (Wildman–Crippen MR) is 128 cm³/mol. The number of ether oxygens (including phenoxy) is 2. The number of carboxylic acids is 1. The van der Waals surface area contributed by atoms with Crippen LogP contribution in [0.2, 0.25) is 0 Å². The average molecular weight is 461 g/mol. The Balaban J connectivity index is 1.22. The molecule has 1 unspecified atom stereocenters. The van der Waals surface area contributed by atoms with Crippen molar-refractivity contribution in [3.8, 4) is 11.1 Å². The summed E-state index contributed by atoms with van der Waals surface area (Å²) in [7, 11) is 0. The van der Waals surface area contributed by atoms with E-state index in [0.717, 1.165) is 27.8 Å². The molecule has 4 rings (SSSR count). The number of alkyl carbamates (subject to hydrolysis) is 1. The molecule has 1 aliphatic carbocycles. The summed E-state index contributed by atoms with van der Waals surface area (Å²) in [5.74, 6) is -1.19. The molecule has 0 aliphatic heterocycles. The summed E-state index contributed by atoms with van der Waals surface area (Å²) in [4.78, 5) is 24.0. The fourth-order valence-electron chi connectivity index (χ4n) is 4.17. The number of aliphatic carboxylic acids is 1. The Hall–Kier alpha value is -3.68. The first kappa shape index (κ1) is 23.5. The van der Waals surface area contributed by atoms with Crippen molar-refractivity contribution in [1.82, 2.24) is 10.6 Å². The monoisotopic (exact) mass is 460 g/mol. The summed E-state index contributed by atoms with van der Waals surface area (Å²) >= 11 is 0. The van der Waals surface area contributed by atoms with Crippen LogP contribution in [0.4, 0.5) is 4.79 Å². The Morgan fingerprint density at radius 3 is 2.15 bits per heavy atom. The van der Waals surface area contributed by atoms with Gasteiger partial charge >= 0.3 is 12.1 Å². The average Bonchev–Trinajstić information content (AvgIpc) is 3.18. The van der Waals surface area contributed by atoms with Crippen LogP contribution < -0.4 is 10.6 Å². The molecule has 34 heavy (non-hydrogen) atoms. The van der Waals surface area contributed by atoms with E-state index in [1.807, 2.05) is 66.7 Å². The topological polar surface area (TPSA) is 96.9 Å². The molecule has 3 aromatic carbocycles. The lowest BCUT2D eigenvalue weighted by Gasteiger charge is -2.17. The van der Waals surface area contributed by atoms with Gasteiger partial charge in [0.2, 0.25) is 0 Å². The number of carbonyl (C=O) groups excluding carboxylic acids is 1. The molecule has 0 heterocycles. The van der Waals surface area contributed by atoms with Gasteiger partial charge in [0.05, 0.1) is 13.3 Å². The summed E-state index contributed by atoms with van der Waals surface area (Å²) < 4.78 is 11.0. The fourth-order valence-corrected chi connectivity index (χ4v) is 4.17. The van der Waals surface area contributed by atoms with Crippen LogP contribution in [0.15, 0.2) is 78.9 Å². The number of fused-ring (bicyclic) bond motifs is 3. The van der Waals surface area contributed by atoms with E-state index >= 15 is 0 Å². The highest BCUT2D eigenvalue weighted by Gasteiger charge is 2.29. The molecule has 1 aliphatic rings. The zero-order chi connectivity index (χ0) is 23.8. The highest BCUT2D eigenvalue weighted by molar-refractivity contribution is 5.81. The SMILES string of the molecule is O=C(NC(CCNCOCc1ccccc1)C(=O)O)OCC1c2ccccc2-c2ccccc21. The third-order valence-electron chi connectivity index (χ3n) is 5.86. The Labute approximate surface area is 198 Å². The van der Waals surface area contributed by atoms with Gasteiger partial charge in [0.25, 0.3) is 0 Å². The molecule has 0 bridgehead atoms. The molecule has 7 nitrogen and oxygen atoms in total. The number of benzene rings is 3. The maximum atomic E-state index is 12.4. The quantitative estimate of drug-likeness (QED) is 0.294. The van der Waals surface area contributed by atoms with Crippen LogP contribution in [0.5, 0.6) is 0 Å². The lowest BCUT2D eigenvalue weighted by molar-refractivity contribution is -0.139. The van der Waals surface area contributed by atoms with Crippen molar-refractivity contribution >= 4 is 12.1 Å². The number of hydrogen-bond donors (Lipinski definition) is 3. The van der Waals surface area contributed by atoms with Gasteiger partial charge < -0.3 is 19.9 Å². The molecular formula is C27H28N2O5. The normalized spacial score (nSPS) is 13.1. The maximum Gasteiger partial charge on any atom is 0.407 e. The van der Waals surface area contributed by atoms with Gasteiger partial charge in [-0.15, -0.1) is 0 Å². The number of hydrogen-bond acceptors (Lipinski definition) is 5. The molecule has 0 aromatic heterocycles. The van der Waals surface area contributed by atoms with Gasteiger partial charge in [-0.1, -0.05) is 78.9 Å². The summed E-state index contributed by atoms with van der Waals surface area (Å²) in [6.45, 7) is 1.26. The molecule has 0 saturated carbocycles. The molecule has 0 spiro atoms. The molecule has 176 valence electrons. The highest BCUT2D eigenvalue weighted by Crippen LogP contribution is 2.44. The Kier molecular flexibility index (Phi) is 7.91. The molecule has 1 atom stereocenters. The molecule has 0 fully saturated rings. The van der Waals surface area contributed by atoms with Crippen molar-refractivity contribution < 1.29 is 24.2 Å². The van der Waals surface area contributed by atoms with Gasteiger partial charge in [-0.2, -0.15) is 0 Å². The van der Waals surface area contributed by atoms with Gasteiger partial charge in [-0.3, -0.25) is 5.32 Å². The van der Waals surface area contributed by atoms with E-state index in [2.05, 4.69) is 22.8 Å². The highest BCUT2D eigenvalue weighted by atomic mass is 16.5. The van der Waals surface area contributed by atoms with Crippen molar-refractivity contribution in [2.45, 2.75) is 25.0 Å². The Morgan fingerprint density at radius 1 is 0.882 bits per heavy atom. The standard InChI is InChI=1S/C27H28N2O5/c30-26(31)25(14-15-28-18-33-16-19-8-2-1-3-9-19)29-27(32)34-17-24-22-12-6-4-10-20(22)21-11-5-7-13-23(21)24/h1-13,24-25,28H,14-18H2,(H,29,32)(H,30,31). The van der Waals surface area contributed by atoms with Crippen LogP contribution in [0.3, 0.4) is 0 Å². The van der Waals surface area contributed by atoms with Crippen LogP contribution in [-0.4, -0.2) is 43.1 Å². The molecule has 0 saturated heterocycles. The minimum absolute atomic E-state index is 0.0788. The van der Waals surface area contributed by atoms with E-state index < -0.39 is 18.1 Å². The first-order valence-corrected chi connectivity index (χ1v) is 11.3. The van der Waals surface area contributed by atoms with E-state index in [0.29, 0.717) is 13.2 Å². The molecule has 0 radical (unpaired) electrons. The van der Waals surface area contributed by atoms with Gasteiger partial charge in [0, 0.05) is 5.92 Å². The molecule has 3 N–H and O–H groups in total. The third kappa shape index (κ3) is 5.81. The van der Waals surface area contributed by atoms with Gasteiger partial charge in [0.1, 0.15) is 12.6 Å². The van der Waals surface area contributed by atoms with E-state index in [-0.39, 0.29) is 25.7 Å². The van der Waals surface area contributed by atoms with Gasteiger partial charge in [0.15, 0.2) is 0 Å². The molecular weight excluding hydrogens is 432 g/mol. The second-order valence-electron chi connectivity index (χ2n) is 8.13. The van der Waals surface area contributed by atoms with Crippen molar-refractivity contribution in [3.63, 3.8) is 0 Å². The first-order valence-electron chi connectivity index (χ1n) is 11.3. The Morgan fingerprint density at radius 2 is 1.50 bits per heavy atom. The van der Waals surface area contributed by atoms with Crippen molar-refractivity contribution in [3.05, 3.63) is 95.6 Å². The van der Waals surface area contributed by atoms with Crippen molar-refractivity contribution in [1.29, 1.82) is 0 Å². The minimum atomic E-state index is -1.11. The smallest absolute Gasteiger partial charge is 0.407 e. The van der Waals surface area contributed by atoms with Gasteiger partial charge in [-0.05, 0) is 40.8 Å². The molecule has 3 aromatic rings. The number of nitrogens with one attached hydrogen (secondary N) is 2. The number of amides is 1. The van der Waals surface area contributed by atoms with Crippen LogP contribution in [-0.2, 0) is 20.9 Å². The largest absolute Gasteiger partial charge is 0.480 e. The second-order valence-corrected chi connectivity index (χ2v) is 8.13. The lowest BCUT2D eigenvalue weighted by Crippen LogP contribution is -2.43. The van der Waals surface area contributed by atoms with E-state index in [9.17, 15) is 14.7 Å². The number of carbonyl (C=O) groups is 2. The zero-order valence-corrected chi connectivity index (χ0v) is 18.8.